The van der Waals surface area contributed by atoms with Crippen LogP contribution >= 0.6 is 0 Å². The third kappa shape index (κ3) is 3.60. The van der Waals surface area contributed by atoms with Crippen molar-refractivity contribution in [2.24, 2.45) is 0 Å². The van der Waals surface area contributed by atoms with Crippen molar-refractivity contribution in [3.63, 3.8) is 0 Å². The summed E-state index contributed by atoms with van der Waals surface area (Å²) in [5.74, 6) is -2.24. The van der Waals surface area contributed by atoms with E-state index in [2.05, 4.69) is 0 Å². The van der Waals surface area contributed by atoms with Crippen molar-refractivity contribution in [1.29, 1.82) is 0 Å². The van der Waals surface area contributed by atoms with E-state index in [0.29, 0.717) is 11.1 Å². The van der Waals surface area contributed by atoms with Crippen molar-refractivity contribution in [2.45, 2.75) is 24.0 Å². The molecule has 0 amide bonds. The molecular formula is C30H21FO4. The largest absolute Gasteiger partial charge is 0.454 e. The first kappa shape index (κ1) is 21.3. The maximum Gasteiger partial charge on any atom is 0.338 e. The molecule has 2 bridgehead atoms. The summed E-state index contributed by atoms with van der Waals surface area (Å²) < 4.78 is 26.6. The molecule has 4 aromatic rings. The number of benzene rings is 4. The third-order valence-electron chi connectivity index (χ3n) is 6.87. The highest BCUT2D eigenvalue weighted by Gasteiger charge is 2.54. The molecule has 4 atom stereocenters. The molecule has 0 radical (unpaired) electrons. The Morgan fingerprint density at radius 2 is 0.971 bits per heavy atom. The smallest absolute Gasteiger partial charge is 0.338 e. The molecule has 35 heavy (non-hydrogen) atoms. The van der Waals surface area contributed by atoms with Gasteiger partial charge in [0.05, 0.1) is 23.0 Å². The van der Waals surface area contributed by atoms with Crippen LogP contribution < -0.4 is 0 Å². The lowest BCUT2D eigenvalue weighted by Gasteiger charge is -2.49. The number of ether oxygens (including phenoxy) is 2. The number of carbonyl (C=O) groups is 2. The van der Waals surface area contributed by atoms with Crippen molar-refractivity contribution >= 4 is 11.9 Å². The van der Waals surface area contributed by atoms with Crippen molar-refractivity contribution in [3.8, 4) is 0 Å². The molecule has 0 N–H and O–H groups in total. The highest BCUT2D eigenvalue weighted by Crippen LogP contribution is 2.55. The number of hydrogen-bond acceptors (Lipinski definition) is 4. The van der Waals surface area contributed by atoms with Gasteiger partial charge in [-0.05, 0) is 58.7 Å². The summed E-state index contributed by atoms with van der Waals surface area (Å²) in [5, 5.41) is 0. The number of fused-ring (bicyclic) bond motifs is 1. The molecule has 5 heteroatoms. The molecule has 0 saturated carbocycles. The maximum absolute atomic E-state index is 14.4. The molecule has 4 aromatic carbocycles. The maximum atomic E-state index is 14.4. The predicted octanol–water partition coefficient (Wildman–Crippen LogP) is 5.87. The van der Waals surface area contributed by atoms with Crippen molar-refractivity contribution < 1.29 is 23.5 Å². The van der Waals surface area contributed by atoms with E-state index in [1.54, 1.807) is 54.6 Å². The van der Waals surface area contributed by atoms with Crippen LogP contribution in [-0.4, -0.2) is 24.1 Å². The number of carbonyl (C=O) groups excluding carboxylic acids is 2. The van der Waals surface area contributed by atoms with E-state index >= 15 is 0 Å². The summed E-state index contributed by atoms with van der Waals surface area (Å²) in [7, 11) is 0. The van der Waals surface area contributed by atoms with Crippen molar-refractivity contribution in [3.05, 3.63) is 142 Å². The molecule has 2 unspecified atom stereocenters. The van der Waals surface area contributed by atoms with Gasteiger partial charge in [-0.2, -0.15) is 0 Å². The van der Waals surface area contributed by atoms with E-state index in [1.165, 1.54) is 12.1 Å². The second-order valence-electron chi connectivity index (χ2n) is 8.83. The second-order valence-corrected chi connectivity index (χ2v) is 8.83. The summed E-state index contributed by atoms with van der Waals surface area (Å²) in [5.41, 5.74) is 4.40. The molecule has 3 aliphatic carbocycles. The molecule has 7 rings (SSSR count). The minimum atomic E-state index is -0.815. The minimum Gasteiger partial charge on any atom is -0.454 e. The van der Waals surface area contributed by atoms with Gasteiger partial charge in [-0.1, -0.05) is 66.7 Å². The average molecular weight is 464 g/mol. The molecule has 0 heterocycles. The summed E-state index contributed by atoms with van der Waals surface area (Å²) in [6.07, 6.45) is -1.59. The minimum absolute atomic E-state index is 0.361. The second kappa shape index (κ2) is 8.51. The van der Waals surface area contributed by atoms with E-state index in [9.17, 15) is 14.0 Å². The summed E-state index contributed by atoms with van der Waals surface area (Å²) >= 11 is 0. The number of rotatable bonds is 4. The highest BCUT2D eigenvalue weighted by atomic mass is 19.1. The first-order chi connectivity index (χ1) is 17.1. The van der Waals surface area contributed by atoms with Crippen LogP contribution in [0.15, 0.2) is 103 Å². The monoisotopic (exact) mass is 464 g/mol. The first-order valence-electron chi connectivity index (χ1n) is 11.5. The quantitative estimate of drug-likeness (QED) is 0.355. The molecular weight excluding hydrogens is 443 g/mol. The van der Waals surface area contributed by atoms with Crippen LogP contribution in [0, 0.1) is 5.82 Å². The Balaban J connectivity index is 1.47. The average Bonchev–Trinajstić information content (AvgIpc) is 2.90. The van der Waals surface area contributed by atoms with Crippen molar-refractivity contribution in [1.82, 2.24) is 0 Å². The van der Waals surface area contributed by atoms with Gasteiger partial charge in [-0.25, -0.2) is 14.0 Å². The standard InChI is InChI=1S/C30H21FO4/c31-20-15-16-23-24(17-20)26-22-14-8-7-13-21(22)25(23)27(34-29(32)18-9-3-1-4-10-18)28(26)35-30(33)19-11-5-2-6-12-19/h1-17,25-28H/t25-,26-,27?,28?/m1/s1. The first-order valence-corrected chi connectivity index (χ1v) is 11.5. The predicted molar refractivity (Wildman–Crippen MR) is 128 cm³/mol. The van der Waals surface area contributed by atoms with Gasteiger partial charge in [0.15, 0.2) is 12.2 Å². The van der Waals surface area contributed by atoms with Crippen LogP contribution in [0.2, 0.25) is 0 Å². The number of halogens is 1. The zero-order chi connectivity index (χ0) is 23.9. The van der Waals surface area contributed by atoms with E-state index in [0.717, 1.165) is 22.3 Å². The normalized spacial score (nSPS) is 21.5. The van der Waals surface area contributed by atoms with E-state index in [1.807, 2.05) is 36.4 Å². The fourth-order valence-electron chi connectivity index (χ4n) is 5.40. The van der Waals surface area contributed by atoms with Crippen molar-refractivity contribution in [2.75, 3.05) is 0 Å². The molecule has 0 aliphatic heterocycles. The Morgan fingerprint density at radius 1 is 0.543 bits per heavy atom. The SMILES string of the molecule is O=C(OC1C(OC(=O)c2ccccc2)[C@@H]2c3ccccc3[C@@H]1c1ccc(F)cc12)c1ccccc1. The summed E-state index contributed by atoms with van der Waals surface area (Å²) in [6, 6.07) is 29.9. The third-order valence-corrected chi connectivity index (χ3v) is 6.87. The molecule has 0 aromatic heterocycles. The van der Waals surface area contributed by atoms with E-state index in [-0.39, 0.29) is 5.82 Å². The molecule has 0 spiro atoms. The number of hydrogen-bond donors (Lipinski definition) is 0. The van der Waals surface area contributed by atoms with Crippen LogP contribution in [0.1, 0.15) is 54.8 Å². The molecule has 0 saturated heterocycles. The Morgan fingerprint density at radius 3 is 1.49 bits per heavy atom. The van der Waals surface area contributed by atoms with Crippen LogP contribution in [0.25, 0.3) is 0 Å². The zero-order valence-corrected chi connectivity index (χ0v) is 18.6. The van der Waals surface area contributed by atoms with Gasteiger partial charge < -0.3 is 9.47 Å². The van der Waals surface area contributed by atoms with E-state index < -0.39 is 36.0 Å². The van der Waals surface area contributed by atoms with E-state index in [4.69, 9.17) is 9.47 Å². The topological polar surface area (TPSA) is 52.6 Å². The molecule has 0 fully saturated rings. The Bertz CT molecular complexity index is 1420. The van der Waals surface area contributed by atoms with Gasteiger partial charge in [0.25, 0.3) is 0 Å². The van der Waals surface area contributed by atoms with Gasteiger partial charge in [0, 0.05) is 0 Å². The summed E-state index contributed by atoms with van der Waals surface area (Å²) in [6.45, 7) is 0. The lowest BCUT2D eigenvalue weighted by Crippen LogP contribution is -2.51. The lowest BCUT2D eigenvalue weighted by molar-refractivity contribution is -0.0558. The molecule has 3 aliphatic rings. The Hall–Kier alpha value is -4.25. The fourth-order valence-corrected chi connectivity index (χ4v) is 5.40. The van der Waals surface area contributed by atoms with Crippen LogP contribution in [-0.2, 0) is 9.47 Å². The van der Waals surface area contributed by atoms with Crippen LogP contribution in [0.4, 0.5) is 4.39 Å². The number of esters is 2. The molecule has 4 nitrogen and oxygen atoms in total. The lowest BCUT2D eigenvalue weighted by atomic mass is 9.61. The van der Waals surface area contributed by atoms with Crippen LogP contribution in [0.5, 0.6) is 0 Å². The summed E-state index contributed by atoms with van der Waals surface area (Å²) in [4.78, 5) is 26.3. The zero-order valence-electron chi connectivity index (χ0n) is 18.6. The van der Waals surface area contributed by atoms with Crippen LogP contribution in [0.3, 0.4) is 0 Å². The Kier molecular flexibility index (Phi) is 5.18. The van der Waals surface area contributed by atoms with Gasteiger partial charge >= 0.3 is 11.9 Å². The fraction of sp³-hybridized carbons (Fsp3) is 0.133. The van der Waals surface area contributed by atoms with Gasteiger partial charge in [-0.3, -0.25) is 0 Å². The highest BCUT2D eigenvalue weighted by molar-refractivity contribution is 5.90. The Labute approximate surface area is 201 Å². The van der Waals surface area contributed by atoms with Gasteiger partial charge in [0.1, 0.15) is 5.82 Å². The van der Waals surface area contributed by atoms with Gasteiger partial charge in [0.2, 0.25) is 0 Å². The molecule has 172 valence electrons. The van der Waals surface area contributed by atoms with Gasteiger partial charge in [-0.15, -0.1) is 0 Å².